The zero-order valence-electron chi connectivity index (χ0n) is 15.4. The number of halogens is 6. The maximum Gasteiger partial charge on any atom is 0.422 e. The molecule has 1 N–H and O–H groups in total. The number of alkyl halides is 6. The monoisotopic (exact) mass is 449 g/mol. The van der Waals surface area contributed by atoms with Gasteiger partial charge in [-0.3, -0.25) is 4.79 Å². The molecule has 31 heavy (non-hydrogen) atoms. The number of carbonyl (C=O) groups excluding carboxylic acids is 1. The minimum absolute atomic E-state index is 0.0548. The second-order valence-corrected chi connectivity index (χ2v) is 6.15. The van der Waals surface area contributed by atoms with Gasteiger partial charge in [-0.05, 0) is 30.3 Å². The van der Waals surface area contributed by atoms with E-state index in [9.17, 15) is 31.1 Å². The van der Waals surface area contributed by atoms with Crippen LogP contribution in [-0.2, 0) is 17.4 Å². The highest BCUT2D eigenvalue weighted by Gasteiger charge is 2.33. The van der Waals surface area contributed by atoms with Crippen molar-refractivity contribution in [2.75, 3.05) is 11.9 Å². The second-order valence-electron chi connectivity index (χ2n) is 6.15. The van der Waals surface area contributed by atoms with Crippen molar-refractivity contribution in [2.45, 2.75) is 25.2 Å². The number of nitrogens with zero attached hydrogens (tertiary/aromatic N) is 2. The molecule has 1 aromatic carbocycles. The standard InChI is InChI=1S/C18H13F6N3O4/c19-17(20,21)9-30-12-4-3-10(18(22,23)24)8-11(12)25-14(28)5-6-15-26-16(27-31-15)13-2-1-7-29-13/h1-4,7-8H,5-6,9H2,(H,25,28). The first-order valence-electron chi connectivity index (χ1n) is 8.58. The minimum atomic E-state index is -4.77. The Labute approximate surface area is 170 Å². The predicted octanol–water partition coefficient (Wildman–Crippen LogP) is 4.86. The largest absolute Gasteiger partial charge is 0.482 e. The number of anilines is 1. The molecule has 0 saturated heterocycles. The number of furan rings is 1. The first-order chi connectivity index (χ1) is 14.5. The molecule has 0 bridgehead atoms. The van der Waals surface area contributed by atoms with Crippen LogP contribution in [0.25, 0.3) is 11.6 Å². The van der Waals surface area contributed by atoms with Crippen molar-refractivity contribution < 1.29 is 44.8 Å². The number of hydrogen-bond acceptors (Lipinski definition) is 6. The first-order valence-corrected chi connectivity index (χ1v) is 8.58. The predicted molar refractivity (Wildman–Crippen MR) is 91.9 cm³/mol. The summed E-state index contributed by atoms with van der Waals surface area (Å²) >= 11 is 0. The number of nitrogens with one attached hydrogen (secondary N) is 1. The quantitative estimate of drug-likeness (QED) is 0.518. The lowest BCUT2D eigenvalue weighted by atomic mass is 10.1. The van der Waals surface area contributed by atoms with E-state index in [1.807, 2.05) is 0 Å². The van der Waals surface area contributed by atoms with Crippen molar-refractivity contribution in [3.8, 4) is 17.3 Å². The normalized spacial score (nSPS) is 12.1. The molecule has 2 heterocycles. The number of aryl methyl sites for hydroxylation is 1. The second kappa shape index (κ2) is 8.70. The Kier molecular flexibility index (Phi) is 6.22. The summed E-state index contributed by atoms with van der Waals surface area (Å²) in [5, 5.41) is 5.78. The molecule has 7 nitrogen and oxygen atoms in total. The molecule has 0 aliphatic heterocycles. The number of aromatic nitrogens is 2. The molecule has 0 radical (unpaired) electrons. The third kappa shape index (κ3) is 6.23. The Morgan fingerprint density at radius 1 is 1.13 bits per heavy atom. The Hall–Kier alpha value is -3.51. The maximum atomic E-state index is 12.9. The van der Waals surface area contributed by atoms with Crippen molar-refractivity contribution in [2.24, 2.45) is 0 Å². The van der Waals surface area contributed by atoms with Crippen LogP contribution >= 0.6 is 0 Å². The van der Waals surface area contributed by atoms with Crippen LogP contribution in [-0.4, -0.2) is 28.8 Å². The van der Waals surface area contributed by atoms with Crippen molar-refractivity contribution in [3.05, 3.63) is 48.0 Å². The highest BCUT2D eigenvalue weighted by atomic mass is 19.4. The maximum absolute atomic E-state index is 12.9. The highest BCUT2D eigenvalue weighted by molar-refractivity contribution is 5.92. The molecule has 0 aliphatic rings. The smallest absolute Gasteiger partial charge is 0.422 e. The number of benzene rings is 1. The van der Waals surface area contributed by atoms with E-state index in [1.54, 1.807) is 12.1 Å². The molecule has 0 saturated carbocycles. The third-order valence-corrected chi connectivity index (χ3v) is 3.75. The minimum Gasteiger partial charge on any atom is -0.482 e. The van der Waals surface area contributed by atoms with Crippen LogP contribution in [0.2, 0.25) is 0 Å². The highest BCUT2D eigenvalue weighted by Crippen LogP contribution is 2.35. The zero-order chi connectivity index (χ0) is 22.6. The van der Waals surface area contributed by atoms with Crippen LogP contribution in [0, 0.1) is 0 Å². The zero-order valence-corrected chi connectivity index (χ0v) is 15.4. The molecule has 0 atom stereocenters. The molecular formula is C18H13F6N3O4. The summed E-state index contributed by atoms with van der Waals surface area (Å²) in [5.74, 6) is -0.833. The lowest BCUT2D eigenvalue weighted by molar-refractivity contribution is -0.153. The van der Waals surface area contributed by atoms with Crippen molar-refractivity contribution in [1.82, 2.24) is 10.1 Å². The van der Waals surface area contributed by atoms with Gasteiger partial charge in [0.25, 0.3) is 0 Å². The molecule has 0 spiro atoms. The van der Waals surface area contributed by atoms with Gasteiger partial charge in [0.2, 0.25) is 17.6 Å². The summed E-state index contributed by atoms with van der Waals surface area (Å²) < 4.78 is 90.5. The van der Waals surface area contributed by atoms with E-state index in [2.05, 4.69) is 20.2 Å². The molecule has 2 aromatic heterocycles. The Morgan fingerprint density at radius 3 is 2.55 bits per heavy atom. The fraction of sp³-hybridized carbons (Fsp3) is 0.278. The molecule has 3 aromatic rings. The average molecular weight is 449 g/mol. The number of hydrogen-bond donors (Lipinski definition) is 1. The van der Waals surface area contributed by atoms with Gasteiger partial charge in [0.05, 0.1) is 17.5 Å². The van der Waals surface area contributed by atoms with Crippen LogP contribution in [0.15, 0.2) is 45.5 Å². The molecule has 1 amide bonds. The van der Waals surface area contributed by atoms with E-state index in [4.69, 9.17) is 8.94 Å². The number of amides is 1. The first kappa shape index (κ1) is 22.2. The molecule has 13 heteroatoms. The van der Waals surface area contributed by atoms with Gasteiger partial charge in [-0.15, -0.1) is 0 Å². The topological polar surface area (TPSA) is 90.4 Å². The molecule has 0 unspecified atom stereocenters. The van der Waals surface area contributed by atoms with Gasteiger partial charge in [0.15, 0.2) is 12.4 Å². The summed E-state index contributed by atoms with van der Waals surface area (Å²) in [6.07, 6.45) is -8.46. The van der Waals surface area contributed by atoms with Crippen LogP contribution < -0.4 is 10.1 Å². The van der Waals surface area contributed by atoms with E-state index in [-0.39, 0.29) is 24.6 Å². The number of carbonyl (C=O) groups is 1. The van der Waals surface area contributed by atoms with Crippen molar-refractivity contribution in [3.63, 3.8) is 0 Å². The lowest BCUT2D eigenvalue weighted by Gasteiger charge is -2.16. The van der Waals surface area contributed by atoms with E-state index in [1.165, 1.54) is 6.26 Å². The molecule has 3 rings (SSSR count). The van der Waals surface area contributed by atoms with Crippen LogP contribution in [0.4, 0.5) is 32.0 Å². The SMILES string of the molecule is O=C(CCc1nc(-c2ccco2)no1)Nc1cc(C(F)(F)F)ccc1OCC(F)(F)F. The molecule has 166 valence electrons. The summed E-state index contributed by atoms with van der Waals surface area (Å²) in [6.45, 7) is -1.74. The summed E-state index contributed by atoms with van der Waals surface area (Å²) in [7, 11) is 0. The fourth-order valence-electron chi connectivity index (χ4n) is 2.38. The van der Waals surface area contributed by atoms with Crippen molar-refractivity contribution >= 4 is 11.6 Å². The van der Waals surface area contributed by atoms with E-state index >= 15 is 0 Å². The van der Waals surface area contributed by atoms with E-state index < -0.39 is 41.9 Å². The van der Waals surface area contributed by atoms with Gasteiger partial charge in [-0.2, -0.15) is 31.3 Å². The molecular weight excluding hydrogens is 436 g/mol. The molecule has 0 aliphatic carbocycles. The van der Waals surface area contributed by atoms with E-state index in [0.29, 0.717) is 24.0 Å². The van der Waals surface area contributed by atoms with Gasteiger partial charge in [0, 0.05) is 12.8 Å². The number of ether oxygens (including phenoxy) is 1. The van der Waals surface area contributed by atoms with Crippen LogP contribution in [0.3, 0.4) is 0 Å². The van der Waals surface area contributed by atoms with Gasteiger partial charge in [-0.1, -0.05) is 5.16 Å². The Balaban J connectivity index is 1.68. The van der Waals surface area contributed by atoms with Gasteiger partial charge in [0.1, 0.15) is 5.75 Å². The fourth-order valence-corrected chi connectivity index (χ4v) is 2.38. The molecule has 0 fully saturated rings. The summed E-state index contributed by atoms with van der Waals surface area (Å²) in [5.41, 5.74) is -1.71. The van der Waals surface area contributed by atoms with Crippen LogP contribution in [0.5, 0.6) is 5.75 Å². The Bertz CT molecular complexity index is 1030. The summed E-state index contributed by atoms with van der Waals surface area (Å²) in [6, 6.07) is 4.93. The van der Waals surface area contributed by atoms with Gasteiger partial charge < -0.3 is 19.0 Å². The van der Waals surface area contributed by atoms with E-state index in [0.717, 1.165) is 0 Å². The summed E-state index contributed by atoms with van der Waals surface area (Å²) in [4.78, 5) is 16.2. The average Bonchev–Trinajstić information content (AvgIpc) is 3.35. The van der Waals surface area contributed by atoms with Gasteiger partial charge in [-0.25, -0.2) is 0 Å². The van der Waals surface area contributed by atoms with Gasteiger partial charge >= 0.3 is 12.4 Å². The lowest BCUT2D eigenvalue weighted by Crippen LogP contribution is -2.21. The Morgan fingerprint density at radius 2 is 1.90 bits per heavy atom. The number of rotatable bonds is 7. The van der Waals surface area contributed by atoms with Crippen LogP contribution in [0.1, 0.15) is 17.9 Å². The van der Waals surface area contributed by atoms with Crippen molar-refractivity contribution in [1.29, 1.82) is 0 Å². The third-order valence-electron chi connectivity index (χ3n) is 3.75.